The molecule has 0 radical (unpaired) electrons. The normalized spacial score (nSPS) is 16.4. The molecule has 0 spiro atoms. The van der Waals surface area contributed by atoms with Crippen molar-refractivity contribution in [1.29, 1.82) is 0 Å². The van der Waals surface area contributed by atoms with Gasteiger partial charge in [0.1, 0.15) is 17.7 Å². The Labute approximate surface area is 147 Å². The number of halogens is 1. The van der Waals surface area contributed by atoms with Crippen LogP contribution in [0.25, 0.3) is 11.1 Å². The van der Waals surface area contributed by atoms with Crippen LogP contribution < -0.4 is 4.74 Å². The highest BCUT2D eigenvalue weighted by molar-refractivity contribution is 5.95. The summed E-state index contributed by atoms with van der Waals surface area (Å²) in [7, 11) is 0. The van der Waals surface area contributed by atoms with Gasteiger partial charge in [-0.2, -0.15) is 0 Å². The fraction of sp³-hybridized carbons (Fsp3) is 0.130. The standard InChI is InChI=1S/C23H19FO/c1-15-7-9-18(10-8-15)23-22(17-11-13-19(24)14-12-17)16(2)20-5-3-4-6-21(20)25-23/h3-14,23H,1-2H3. The zero-order chi connectivity index (χ0) is 17.4. The van der Waals surface area contributed by atoms with E-state index in [9.17, 15) is 4.39 Å². The Balaban J connectivity index is 1.92. The fourth-order valence-corrected chi connectivity index (χ4v) is 3.38. The molecule has 3 aromatic carbocycles. The van der Waals surface area contributed by atoms with Crippen LogP contribution in [0.3, 0.4) is 0 Å². The number of rotatable bonds is 2. The van der Waals surface area contributed by atoms with Crippen LogP contribution in [0, 0.1) is 12.7 Å². The van der Waals surface area contributed by atoms with Gasteiger partial charge in [0.05, 0.1) is 0 Å². The molecule has 3 aromatic rings. The first-order valence-electron chi connectivity index (χ1n) is 8.43. The third-order valence-corrected chi connectivity index (χ3v) is 4.74. The highest BCUT2D eigenvalue weighted by Crippen LogP contribution is 2.46. The molecule has 0 aliphatic carbocycles. The van der Waals surface area contributed by atoms with Gasteiger partial charge in [-0.05, 0) is 48.7 Å². The van der Waals surface area contributed by atoms with Gasteiger partial charge in [0.15, 0.2) is 0 Å². The van der Waals surface area contributed by atoms with E-state index in [1.54, 1.807) is 0 Å². The number of ether oxygens (including phenoxy) is 1. The molecule has 1 nitrogen and oxygen atoms in total. The second-order valence-corrected chi connectivity index (χ2v) is 6.45. The Bertz CT molecular complexity index is 937. The van der Waals surface area contributed by atoms with E-state index in [-0.39, 0.29) is 11.9 Å². The van der Waals surface area contributed by atoms with Gasteiger partial charge in [-0.1, -0.05) is 60.2 Å². The average molecular weight is 330 g/mol. The van der Waals surface area contributed by atoms with E-state index < -0.39 is 0 Å². The number of para-hydroxylation sites is 1. The minimum absolute atomic E-state index is 0.207. The quantitative estimate of drug-likeness (QED) is 0.543. The van der Waals surface area contributed by atoms with Gasteiger partial charge in [0.25, 0.3) is 0 Å². The van der Waals surface area contributed by atoms with Gasteiger partial charge in [-0.25, -0.2) is 4.39 Å². The van der Waals surface area contributed by atoms with Crippen LogP contribution in [0.15, 0.2) is 72.8 Å². The highest BCUT2D eigenvalue weighted by atomic mass is 19.1. The molecule has 25 heavy (non-hydrogen) atoms. The summed E-state index contributed by atoms with van der Waals surface area (Å²) in [5.74, 6) is 0.655. The Morgan fingerprint density at radius 1 is 0.800 bits per heavy atom. The van der Waals surface area contributed by atoms with E-state index >= 15 is 0 Å². The Morgan fingerprint density at radius 3 is 2.20 bits per heavy atom. The Morgan fingerprint density at radius 2 is 1.48 bits per heavy atom. The minimum atomic E-state index is -0.231. The van der Waals surface area contributed by atoms with Crippen molar-refractivity contribution in [1.82, 2.24) is 0 Å². The lowest BCUT2D eigenvalue weighted by Crippen LogP contribution is -2.16. The van der Waals surface area contributed by atoms with Gasteiger partial charge in [-0.15, -0.1) is 0 Å². The van der Waals surface area contributed by atoms with Gasteiger partial charge in [-0.3, -0.25) is 0 Å². The maximum Gasteiger partial charge on any atom is 0.150 e. The van der Waals surface area contributed by atoms with Crippen molar-refractivity contribution in [2.24, 2.45) is 0 Å². The van der Waals surface area contributed by atoms with Crippen molar-refractivity contribution < 1.29 is 9.13 Å². The Kier molecular flexibility index (Phi) is 3.89. The molecular weight excluding hydrogens is 311 g/mol. The van der Waals surface area contributed by atoms with Crippen molar-refractivity contribution in [3.05, 3.63) is 101 Å². The number of hydrogen-bond acceptors (Lipinski definition) is 1. The van der Waals surface area contributed by atoms with E-state index in [0.29, 0.717) is 0 Å². The molecule has 1 atom stereocenters. The van der Waals surface area contributed by atoms with E-state index in [0.717, 1.165) is 28.0 Å². The second-order valence-electron chi connectivity index (χ2n) is 6.45. The van der Waals surface area contributed by atoms with Crippen LogP contribution in [0.4, 0.5) is 4.39 Å². The third-order valence-electron chi connectivity index (χ3n) is 4.74. The zero-order valence-corrected chi connectivity index (χ0v) is 14.3. The van der Waals surface area contributed by atoms with E-state index in [4.69, 9.17) is 4.74 Å². The number of fused-ring (bicyclic) bond motifs is 1. The van der Waals surface area contributed by atoms with Crippen LogP contribution in [0.1, 0.15) is 35.3 Å². The molecule has 1 aliphatic rings. The number of allylic oxidation sites excluding steroid dienone is 1. The minimum Gasteiger partial charge on any atom is -0.480 e. The predicted octanol–water partition coefficient (Wildman–Crippen LogP) is 6.20. The summed E-state index contributed by atoms with van der Waals surface area (Å²) < 4.78 is 19.8. The van der Waals surface area contributed by atoms with Crippen LogP contribution in [0.2, 0.25) is 0 Å². The van der Waals surface area contributed by atoms with Crippen molar-refractivity contribution in [3.8, 4) is 5.75 Å². The molecular formula is C23H19FO. The first-order valence-corrected chi connectivity index (χ1v) is 8.43. The maximum absolute atomic E-state index is 13.4. The molecule has 1 aliphatic heterocycles. The summed E-state index contributed by atoms with van der Waals surface area (Å²) in [6.45, 7) is 4.18. The van der Waals surface area contributed by atoms with Crippen molar-refractivity contribution in [2.45, 2.75) is 20.0 Å². The summed E-state index contributed by atoms with van der Waals surface area (Å²) >= 11 is 0. The molecule has 0 saturated heterocycles. The van der Waals surface area contributed by atoms with Gasteiger partial charge < -0.3 is 4.74 Å². The Hall–Kier alpha value is -2.87. The molecule has 2 heteroatoms. The summed E-state index contributed by atoms with van der Waals surface area (Å²) in [4.78, 5) is 0. The van der Waals surface area contributed by atoms with Crippen LogP contribution in [0.5, 0.6) is 5.75 Å². The van der Waals surface area contributed by atoms with Gasteiger partial charge in [0, 0.05) is 11.1 Å². The molecule has 124 valence electrons. The molecule has 4 rings (SSSR count). The van der Waals surface area contributed by atoms with Crippen LogP contribution in [-0.4, -0.2) is 0 Å². The lowest BCUT2D eigenvalue weighted by Gasteiger charge is -2.31. The molecule has 1 heterocycles. The summed E-state index contributed by atoms with van der Waals surface area (Å²) in [6, 6.07) is 23.1. The fourth-order valence-electron chi connectivity index (χ4n) is 3.38. The molecule has 0 aromatic heterocycles. The first-order chi connectivity index (χ1) is 12.1. The largest absolute Gasteiger partial charge is 0.480 e. The molecule has 0 fully saturated rings. The predicted molar refractivity (Wildman–Crippen MR) is 99.9 cm³/mol. The molecule has 0 amide bonds. The topological polar surface area (TPSA) is 9.23 Å². The van der Waals surface area contributed by atoms with Gasteiger partial charge in [0.2, 0.25) is 0 Å². The third kappa shape index (κ3) is 2.85. The second kappa shape index (κ2) is 6.21. The van der Waals surface area contributed by atoms with E-state index in [1.807, 2.05) is 30.3 Å². The molecule has 1 unspecified atom stereocenters. The maximum atomic E-state index is 13.4. The monoisotopic (exact) mass is 330 g/mol. The van der Waals surface area contributed by atoms with E-state index in [1.165, 1.54) is 23.3 Å². The van der Waals surface area contributed by atoms with Crippen molar-refractivity contribution >= 4 is 11.1 Å². The zero-order valence-electron chi connectivity index (χ0n) is 14.3. The molecule has 0 N–H and O–H groups in total. The first kappa shape index (κ1) is 15.6. The highest BCUT2D eigenvalue weighted by Gasteiger charge is 2.28. The SMILES string of the molecule is CC1=C(c2ccc(F)cc2)C(c2ccc(C)cc2)Oc2ccccc21. The van der Waals surface area contributed by atoms with E-state index in [2.05, 4.69) is 44.2 Å². The average Bonchev–Trinajstić information content (AvgIpc) is 2.63. The lowest BCUT2D eigenvalue weighted by molar-refractivity contribution is 0.260. The summed E-state index contributed by atoms with van der Waals surface area (Å²) in [5.41, 5.74) is 6.63. The van der Waals surface area contributed by atoms with Crippen molar-refractivity contribution in [2.75, 3.05) is 0 Å². The van der Waals surface area contributed by atoms with Crippen LogP contribution in [-0.2, 0) is 0 Å². The smallest absolute Gasteiger partial charge is 0.150 e. The number of benzene rings is 3. The van der Waals surface area contributed by atoms with Gasteiger partial charge >= 0.3 is 0 Å². The number of hydrogen-bond donors (Lipinski definition) is 0. The summed E-state index contributed by atoms with van der Waals surface area (Å²) in [6.07, 6.45) is -0.207. The molecule has 0 bridgehead atoms. The van der Waals surface area contributed by atoms with Crippen molar-refractivity contribution in [3.63, 3.8) is 0 Å². The molecule has 0 saturated carbocycles. The summed E-state index contributed by atoms with van der Waals surface area (Å²) in [5, 5.41) is 0. The number of aryl methyl sites for hydroxylation is 1. The van der Waals surface area contributed by atoms with Crippen LogP contribution >= 0.6 is 0 Å². The lowest BCUT2D eigenvalue weighted by atomic mass is 9.86.